The molecule has 0 aliphatic carbocycles. The van der Waals surface area contributed by atoms with Gasteiger partial charge in [-0.15, -0.1) is 6.42 Å². The third-order valence-corrected chi connectivity index (χ3v) is 15.0. The minimum Gasteiger partial charge on any atom is -0.508 e. The van der Waals surface area contributed by atoms with Crippen LogP contribution in [0.2, 0.25) is 0 Å². The molecule has 5 aliphatic heterocycles. The number of aromatic nitrogens is 3. The standard InChI is InChI=1S/C52H58F2N10O5/c1-4-38-41(53)9-5-33-24-37(66)26-39(46(33)38)48-47(54)49-40(27-55-48)50(63-28-34-6-7-35(29-63)56-34)59-52(58-49)69-22-21-61-17-13-31(14-18-61)23-32-15-19-62(20-16-32)36-8-10-42(44(25-36)60(2)3)64(30-65)43-11-12-45(67)57-51(43)68/h1,5,8-10,24-27,30-32,34-35,43,56,66H,6-7,11-23,28-29H2,2-3H3,(H,57,67,68). The number of benzene rings is 3. The lowest BCUT2D eigenvalue weighted by Crippen LogP contribution is -2.52. The number of anilines is 4. The lowest BCUT2D eigenvalue weighted by molar-refractivity contribution is -0.134. The molecule has 0 radical (unpaired) electrons. The van der Waals surface area contributed by atoms with E-state index in [0.717, 1.165) is 76.1 Å². The quantitative estimate of drug-likeness (QED) is 0.0720. The lowest BCUT2D eigenvalue weighted by Gasteiger charge is -2.38. The van der Waals surface area contributed by atoms with Crippen molar-refractivity contribution in [2.45, 2.75) is 75.9 Å². The Bertz CT molecular complexity index is 2830. The van der Waals surface area contributed by atoms with Gasteiger partial charge in [-0.3, -0.25) is 29.6 Å². The van der Waals surface area contributed by atoms with Crippen LogP contribution < -0.4 is 35.0 Å². The second-order valence-corrected chi connectivity index (χ2v) is 19.6. The zero-order valence-electron chi connectivity index (χ0n) is 39.1. The summed E-state index contributed by atoms with van der Waals surface area (Å²) >= 11 is 0. The molecule has 69 heavy (non-hydrogen) atoms. The molecule has 3 amide bonds. The maximum Gasteiger partial charge on any atom is 0.319 e. The van der Waals surface area contributed by atoms with Gasteiger partial charge in [-0.2, -0.15) is 9.97 Å². The Balaban J connectivity index is 0.771. The average molecular weight is 941 g/mol. The normalized spacial score (nSPS) is 21.4. The van der Waals surface area contributed by atoms with Crippen LogP contribution in [0, 0.1) is 35.8 Å². The maximum atomic E-state index is 17.0. The van der Waals surface area contributed by atoms with Crippen molar-refractivity contribution < 1.29 is 33.0 Å². The van der Waals surface area contributed by atoms with E-state index in [2.05, 4.69) is 47.3 Å². The van der Waals surface area contributed by atoms with Crippen molar-refractivity contribution in [3.05, 3.63) is 65.9 Å². The number of carbonyl (C=O) groups is 3. The topological polar surface area (TPSA) is 160 Å². The lowest BCUT2D eigenvalue weighted by atomic mass is 9.82. The number of ether oxygens (including phenoxy) is 1. The summed E-state index contributed by atoms with van der Waals surface area (Å²) in [6, 6.07) is 11.5. The molecule has 3 N–H and O–H groups in total. The summed E-state index contributed by atoms with van der Waals surface area (Å²) in [6.45, 7) is 6.18. The number of nitrogens with one attached hydrogen (secondary N) is 2. The number of pyridine rings is 1. The van der Waals surface area contributed by atoms with E-state index in [9.17, 15) is 23.9 Å². The molecule has 5 saturated heterocycles. The van der Waals surface area contributed by atoms with Gasteiger partial charge < -0.3 is 34.8 Å². The number of phenolic OH excluding ortho intramolecular Hbond substituents is 1. The summed E-state index contributed by atoms with van der Waals surface area (Å²) in [5.74, 6) is 1.96. The zero-order valence-corrected chi connectivity index (χ0v) is 39.1. The van der Waals surface area contributed by atoms with Crippen LogP contribution in [-0.4, -0.2) is 128 Å². The highest BCUT2D eigenvalue weighted by molar-refractivity contribution is 6.05. The maximum absolute atomic E-state index is 17.0. The van der Waals surface area contributed by atoms with E-state index >= 15 is 4.39 Å². The molecular formula is C52H58F2N10O5. The molecule has 360 valence electrons. The molecule has 15 nitrogen and oxygen atoms in total. The van der Waals surface area contributed by atoms with Gasteiger partial charge in [0, 0.05) is 88.2 Å². The smallest absolute Gasteiger partial charge is 0.319 e. The molecule has 3 aromatic carbocycles. The van der Waals surface area contributed by atoms with Crippen molar-refractivity contribution in [1.29, 1.82) is 0 Å². The number of nitrogens with zero attached hydrogens (tertiary/aromatic N) is 8. The number of hydrogen-bond donors (Lipinski definition) is 3. The van der Waals surface area contributed by atoms with Gasteiger partial charge in [0.15, 0.2) is 5.82 Å². The molecule has 3 atom stereocenters. The molecule has 5 aromatic rings. The van der Waals surface area contributed by atoms with Crippen LogP contribution in [0.3, 0.4) is 0 Å². The number of terminal acetylenes is 1. The van der Waals surface area contributed by atoms with Gasteiger partial charge in [0.2, 0.25) is 18.2 Å². The predicted molar refractivity (Wildman–Crippen MR) is 262 cm³/mol. The highest BCUT2D eigenvalue weighted by Crippen LogP contribution is 2.41. The van der Waals surface area contributed by atoms with E-state index in [4.69, 9.17) is 16.1 Å². The highest BCUT2D eigenvalue weighted by Gasteiger charge is 2.36. The molecule has 10 rings (SSSR count). The molecule has 0 spiro atoms. The molecule has 0 saturated carbocycles. The molecule has 7 heterocycles. The van der Waals surface area contributed by atoms with Crippen LogP contribution in [0.25, 0.3) is 32.9 Å². The number of hydrogen-bond acceptors (Lipinski definition) is 13. The van der Waals surface area contributed by atoms with Crippen LogP contribution in [-0.2, 0) is 14.4 Å². The Labute approximate surface area is 400 Å². The first-order valence-corrected chi connectivity index (χ1v) is 24.2. The van der Waals surface area contributed by atoms with E-state index in [1.807, 2.05) is 31.1 Å². The van der Waals surface area contributed by atoms with Crippen molar-refractivity contribution in [3.63, 3.8) is 0 Å². The Hall–Kier alpha value is -6.64. The molecule has 5 aliphatic rings. The largest absolute Gasteiger partial charge is 0.508 e. The van der Waals surface area contributed by atoms with Crippen LogP contribution in [0.4, 0.5) is 31.7 Å². The van der Waals surface area contributed by atoms with Crippen molar-refractivity contribution in [1.82, 2.24) is 30.5 Å². The van der Waals surface area contributed by atoms with Crippen molar-refractivity contribution in [3.8, 4) is 35.4 Å². The zero-order chi connectivity index (χ0) is 47.9. The van der Waals surface area contributed by atoms with Crippen LogP contribution in [0.1, 0.15) is 63.4 Å². The molecule has 5 fully saturated rings. The molecule has 2 aromatic heterocycles. The minimum atomic E-state index is -0.741. The minimum absolute atomic E-state index is 0.0249. The van der Waals surface area contributed by atoms with Crippen LogP contribution in [0.15, 0.2) is 48.7 Å². The first-order chi connectivity index (χ1) is 33.4. The Morgan fingerprint density at radius 1 is 0.913 bits per heavy atom. The van der Waals surface area contributed by atoms with Crippen molar-refractivity contribution >= 4 is 62.8 Å². The highest BCUT2D eigenvalue weighted by atomic mass is 19.1. The second-order valence-electron chi connectivity index (χ2n) is 19.6. The van der Waals surface area contributed by atoms with E-state index in [-0.39, 0.29) is 58.2 Å². The van der Waals surface area contributed by atoms with Gasteiger partial charge in [-0.05, 0) is 118 Å². The number of imide groups is 1. The van der Waals surface area contributed by atoms with E-state index in [1.165, 1.54) is 35.6 Å². The monoisotopic (exact) mass is 940 g/mol. The second kappa shape index (κ2) is 19.4. The fourth-order valence-electron chi connectivity index (χ4n) is 11.4. The predicted octanol–water partition coefficient (Wildman–Crippen LogP) is 5.98. The molecule has 3 unspecified atom stereocenters. The van der Waals surface area contributed by atoms with Gasteiger partial charge in [-0.1, -0.05) is 12.0 Å². The Morgan fingerprint density at radius 3 is 2.35 bits per heavy atom. The third kappa shape index (κ3) is 9.31. The summed E-state index contributed by atoms with van der Waals surface area (Å²) in [4.78, 5) is 61.2. The van der Waals surface area contributed by atoms with Gasteiger partial charge >= 0.3 is 6.01 Å². The fraction of sp³-hybridized carbons (Fsp3) is 0.462. The van der Waals surface area contributed by atoms with Crippen LogP contribution in [0.5, 0.6) is 11.8 Å². The summed E-state index contributed by atoms with van der Waals surface area (Å²) < 4.78 is 38.3. The van der Waals surface area contributed by atoms with Gasteiger partial charge in [0.05, 0.1) is 22.3 Å². The number of piperazine rings is 1. The van der Waals surface area contributed by atoms with E-state index in [1.54, 1.807) is 6.20 Å². The van der Waals surface area contributed by atoms with Crippen LogP contribution >= 0.6 is 0 Å². The number of carbonyl (C=O) groups excluding carboxylic acids is 3. The summed E-state index contributed by atoms with van der Waals surface area (Å²) in [7, 11) is 3.85. The number of aromatic hydroxyl groups is 1. The third-order valence-electron chi connectivity index (χ3n) is 15.0. The summed E-state index contributed by atoms with van der Waals surface area (Å²) in [5, 5.41) is 17.8. The van der Waals surface area contributed by atoms with Gasteiger partial charge in [-0.25, -0.2) is 8.78 Å². The summed E-state index contributed by atoms with van der Waals surface area (Å²) in [5.41, 5.74) is 2.58. The number of phenols is 1. The Kier molecular flexibility index (Phi) is 13.0. The van der Waals surface area contributed by atoms with E-state index < -0.39 is 23.6 Å². The van der Waals surface area contributed by atoms with Gasteiger partial charge in [0.1, 0.15) is 41.2 Å². The molecule has 17 heteroatoms. The Morgan fingerprint density at radius 2 is 1.65 bits per heavy atom. The summed E-state index contributed by atoms with van der Waals surface area (Å²) in [6.07, 6.45) is 16.2. The first-order valence-electron chi connectivity index (χ1n) is 24.2. The number of likely N-dealkylation sites (tertiary alicyclic amines) is 1. The van der Waals surface area contributed by atoms with Crippen molar-refractivity contribution in [2.24, 2.45) is 11.8 Å². The number of piperidine rings is 3. The molecular weight excluding hydrogens is 883 g/mol. The number of amides is 3. The fourth-order valence-corrected chi connectivity index (χ4v) is 11.4. The van der Waals surface area contributed by atoms with Crippen molar-refractivity contribution in [2.75, 3.05) is 86.1 Å². The number of fused-ring (bicyclic) bond motifs is 4. The SMILES string of the molecule is C#Cc1c(F)ccc2cc(O)cc(-c3ncc4c(N5CC6CCC(C5)N6)nc(OCCN5CCC(CC6CCN(c7ccc(N(C=O)C8CCC(=O)NC8=O)c(N(C)C)c7)CC6)CC5)nc4c3F)c12. The molecule has 2 bridgehead atoms. The number of halogens is 2. The van der Waals surface area contributed by atoms with E-state index in [0.29, 0.717) is 78.8 Å². The number of rotatable bonds is 13. The average Bonchev–Trinajstić information content (AvgIpc) is 3.69. The first kappa shape index (κ1) is 46.1. The van der Waals surface area contributed by atoms with Gasteiger partial charge in [0.25, 0.3) is 0 Å².